The quantitative estimate of drug-likeness (QED) is 0.243. The van der Waals surface area contributed by atoms with Crippen LogP contribution in [0.1, 0.15) is 65.7 Å². The molecule has 4 aliphatic rings. The van der Waals surface area contributed by atoms with E-state index in [1.807, 2.05) is 0 Å². The predicted molar refractivity (Wildman–Crippen MR) is 111 cm³/mol. The molecule has 4 saturated carbocycles. The molecule has 8 atom stereocenters. The summed E-state index contributed by atoms with van der Waals surface area (Å²) in [7, 11) is 0. The summed E-state index contributed by atoms with van der Waals surface area (Å²) in [4.78, 5) is 26.5. The van der Waals surface area contributed by atoms with Crippen LogP contribution in [0, 0.1) is 34.5 Å². The topological polar surface area (TPSA) is 112 Å². The Morgan fingerprint density at radius 3 is 2.80 bits per heavy atom. The second-order valence-electron chi connectivity index (χ2n) is 10.4. The highest BCUT2D eigenvalue weighted by molar-refractivity contribution is 5.85. The first kappa shape index (κ1) is 21.4. The van der Waals surface area contributed by atoms with Gasteiger partial charge in [-0.25, -0.2) is 0 Å². The molecule has 1 N–H and O–H groups in total. The van der Waals surface area contributed by atoms with Crippen molar-refractivity contribution in [2.45, 2.75) is 77.9 Å². The van der Waals surface area contributed by atoms with Crippen LogP contribution in [0.3, 0.4) is 0 Å². The van der Waals surface area contributed by atoms with Crippen LogP contribution >= 0.6 is 0 Å². The number of ether oxygens (including phenoxy) is 1. The Kier molecular flexibility index (Phi) is 5.48. The number of esters is 1. The molecule has 30 heavy (non-hydrogen) atoms. The van der Waals surface area contributed by atoms with E-state index in [9.17, 15) is 14.7 Å². The van der Waals surface area contributed by atoms with Crippen LogP contribution in [0.4, 0.5) is 0 Å². The van der Waals surface area contributed by atoms with Gasteiger partial charge in [-0.2, -0.15) is 0 Å². The van der Waals surface area contributed by atoms with Crippen molar-refractivity contribution < 1.29 is 19.4 Å². The van der Waals surface area contributed by atoms with E-state index in [1.54, 1.807) is 0 Å². The van der Waals surface area contributed by atoms with Gasteiger partial charge in [-0.05, 0) is 84.6 Å². The van der Waals surface area contributed by atoms with Gasteiger partial charge in [0.05, 0.1) is 12.1 Å². The minimum Gasteiger partial charge on any atom is -0.462 e. The van der Waals surface area contributed by atoms with Crippen molar-refractivity contribution in [1.29, 1.82) is 0 Å². The smallest absolute Gasteiger partial charge is 0.302 e. The number of Topliss-reactive ketones (excluding diaryl/α,β-unsaturated/α-hetero) is 1. The van der Waals surface area contributed by atoms with Crippen molar-refractivity contribution in [3.63, 3.8) is 0 Å². The molecule has 0 bridgehead atoms. The van der Waals surface area contributed by atoms with Crippen LogP contribution in [0.2, 0.25) is 0 Å². The number of allylic oxidation sites excluding steroid dienone is 1. The number of carbonyl (C=O) groups is 2. The molecule has 0 aromatic rings. The number of aliphatic hydroxyl groups is 1. The zero-order valence-corrected chi connectivity index (χ0v) is 18.2. The SMILES string of the molecule is CC(=O)OC/C=C1\CC[C@H]2[C@@H]3CC[C@H]4CC(=O)[C@H](N=[N+]=[N-])C[C@]4(C)[C@H]3[C@@H](O)C[C@]12C. The number of fused-ring (bicyclic) bond motifs is 5. The fraction of sp³-hybridized carbons (Fsp3) is 0.826. The van der Waals surface area contributed by atoms with E-state index in [0.717, 1.165) is 25.7 Å². The summed E-state index contributed by atoms with van der Waals surface area (Å²) in [6, 6.07) is -0.599. The van der Waals surface area contributed by atoms with Gasteiger partial charge in [0.25, 0.3) is 0 Å². The maximum absolute atomic E-state index is 12.5. The molecule has 7 nitrogen and oxygen atoms in total. The molecular formula is C23H33N3O4. The summed E-state index contributed by atoms with van der Waals surface area (Å²) < 4.78 is 5.14. The molecule has 7 heteroatoms. The van der Waals surface area contributed by atoms with Gasteiger partial charge in [0.2, 0.25) is 0 Å². The second kappa shape index (κ2) is 7.69. The summed E-state index contributed by atoms with van der Waals surface area (Å²) >= 11 is 0. The van der Waals surface area contributed by atoms with Gasteiger partial charge in [-0.1, -0.05) is 24.5 Å². The van der Waals surface area contributed by atoms with Gasteiger partial charge in [0, 0.05) is 18.3 Å². The Morgan fingerprint density at radius 2 is 2.10 bits per heavy atom. The first-order chi connectivity index (χ1) is 14.2. The number of hydrogen-bond donors (Lipinski definition) is 1. The molecule has 0 amide bonds. The number of azide groups is 1. The molecule has 164 valence electrons. The third kappa shape index (κ3) is 3.27. The molecule has 0 aromatic heterocycles. The Balaban J connectivity index is 1.62. The molecule has 0 aliphatic heterocycles. The lowest BCUT2D eigenvalue weighted by atomic mass is 9.44. The van der Waals surface area contributed by atoms with Gasteiger partial charge in [0.15, 0.2) is 0 Å². The summed E-state index contributed by atoms with van der Waals surface area (Å²) in [5.74, 6) is 1.06. The van der Waals surface area contributed by atoms with Crippen molar-refractivity contribution in [2.75, 3.05) is 6.61 Å². The van der Waals surface area contributed by atoms with Crippen LogP contribution in [0.15, 0.2) is 16.8 Å². The fourth-order valence-electron chi connectivity index (χ4n) is 7.83. The first-order valence-electron chi connectivity index (χ1n) is 11.3. The molecule has 0 unspecified atom stereocenters. The molecule has 0 aromatic carbocycles. The summed E-state index contributed by atoms with van der Waals surface area (Å²) in [5.41, 5.74) is 9.97. The molecule has 0 heterocycles. The number of rotatable bonds is 3. The van der Waals surface area contributed by atoms with Crippen LogP contribution < -0.4 is 0 Å². The third-order valence-electron chi connectivity index (χ3n) is 9.10. The maximum Gasteiger partial charge on any atom is 0.302 e. The van der Waals surface area contributed by atoms with Gasteiger partial charge in [0.1, 0.15) is 12.4 Å². The van der Waals surface area contributed by atoms with Crippen molar-refractivity contribution >= 4 is 11.8 Å². The molecule has 4 aliphatic carbocycles. The summed E-state index contributed by atoms with van der Waals surface area (Å²) in [5, 5.41) is 15.2. The van der Waals surface area contributed by atoms with E-state index in [2.05, 4.69) is 29.9 Å². The zero-order valence-electron chi connectivity index (χ0n) is 18.2. The molecular weight excluding hydrogens is 382 g/mol. The molecule has 0 saturated heterocycles. The number of aliphatic hydroxyl groups excluding tert-OH is 1. The first-order valence-corrected chi connectivity index (χ1v) is 11.3. The summed E-state index contributed by atoms with van der Waals surface area (Å²) in [6.45, 7) is 6.21. The zero-order chi connectivity index (χ0) is 21.7. The highest BCUT2D eigenvalue weighted by Crippen LogP contribution is 2.67. The lowest BCUT2D eigenvalue weighted by molar-refractivity contribution is -0.165. The highest BCUT2D eigenvalue weighted by atomic mass is 16.5. The standard InChI is InChI=1S/C23H33N3O4/c1-13(27)30-9-8-14-5-7-17-16-6-4-15-10-19(28)18(25-26-24)11-23(15,3)21(16)20(29)12-22(14,17)2/h8,15-18,20-21,29H,4-7,9-12H2,1-3H3/b14-8+/t15-,16-,17-,18+,20-,21+,22+,23-/m0/s1. The second-order valence-corrected chi connectivity index (χ2v) is 10.4. The Bertz CT molecular complexity index is 819. The van der Waals surface area contributed by atoms with Crippen molar-refractivity contribution in [2.24, 2.45) is 39.6 Å². The number of nitrogens with zero attached hydrogens (tertiary/aromatic N) is 3. The van der Waals surface area contributed by atoms with E-state index in [-0.39, 0.29) is 34.4 Å². The number of carbonyl (C=O) groups excluding carboxylic acids is 2. The third-order valence-corrected chi connectivity index (χ3v) is 9.10. The lowest BCUT2D eigenvalue weighted by Gasteiger charge is -2.61. The number of hydrogen-bond acceptors (Lipinski definition) is 5. The van der Waals surface area contributed by atoms with Crippen molar-refractivity contribution in [3.05, 3.63) is 22.1 Å². The Labute approximate surface area is 177 Å². The number of ketones is 1. The van der Waals surface area contributed by atoms with Gasteiger partial charge < -0.3 is 9.84 Å². The minimum absolute atomic E-state index is 0.0559. The van der Waals surface area contributed by atoms with Gasteiger partial charge in [-0.3, -0.25) is 9.59 Å². The van der Waals surface area contributed by atoms with E-state index >= 15 is 0 Å². The molecule has 4 rings (SSSR count). The largest absolute Gasteiger partial charge is 0.462 e. The van der Waals surface area contributed by atoms with Crippen molar-refractivity contribution in [3.8, 4) is 0 Å². The Morgan fingerprint density at radius 1 is 1.33 bits per heavy atom. The predicted octanol–water partition coefficient (Wildman–Crippen LogP) is 4.35. The lowest BCUT2D eigenvalue weighted by Crippen LogP contribution is -2.59. The maximum atomic E-state index is 12.5. The molecule has 4 fully saturated rings. The molecule has 0 spiro atoms. The monoisotopic (exact) mass is 415 g/mol. The average Bonchev–Trinajstić information content (AvgIpc) is 2.98. The summed E-state index contributed by atoms with van der Waals surface area (Å²) in [6.07, 6.45) is 7.44. The Hall–Kier alpha value is -1.85. The van der Waals surface area contributed by atoms with Crippen LogP contribution in [-0.4, -0.2) is 35.6 Å². The van der Waals surface area contributed by atoms with Gasteiger partial charge >= 0.3 is 5.97 Å². The highest BCUT2D eigenvalue weighted by Gasteiger charge is 2.62. The van der Waals surface area contributed by atoms with Gasteiger partial charge in [-0.15, -0.1) is 0 Å². The minimum atomic E-state index is -0.599. The van der Waals surface area contributed by atoms with E-state index in [1.165, 1.54) is 12.5 Å². The van der Waals surface area contributed by atoms with E-state index < -0.39 is 12.1 Å². The van der Waals surface area contributed by atoms with Crippen LogP contribution in [0.25, 0.3) is 10.4 Å². The average molecular weight is 416 g/mol. The van der Waals surface area contributed by atoms with Crippen LogP contribution in [-0.2, 0) is 14.3 Å². The van der Waals surface area contributed by atoms with E-state index in [0.29, 0.717) is 37.7 Å². The fourth-order valence-corrected chi connectivity index (χ4v) is 7.83. The van der Waals surface area contributed by atoms with Crippen molar-refractivity contribution in [1.82, 2.24) is 0 Å². The van der Waals surface area contributed by atoms with E-state index in [4.69, 9.17) is 10.3 Å². The normalized spacial score (nSPS) is 46.4. The van der Waals surface area contributed by atoms with Crippen LogP contribution in [0.5, 0.6) is 0 Å². The molecule has 0 radical (unpaired) electrons.